The van der Waals surface area contributed by atoms with Gasteiger partial charge in [0.1, 0.15) is 0 Å². The molecule has 0 aliphatic carbocycles. The summed E-state index contributed by atoms with van der Waals surface area (Å²) in [5.41, 5.74) is 2.26. The quantitative estimate of drug-likeness (QED) is 0.831. The Balaban J connectivity index is 2.02. The van der Waals surface area contributed by atoms with Crippen LogP contribution in [0.25, 0.3) is 6.08 Å². The molecule has 1 aromatic rings. The monoisotopic (exact) mass is 253 g/mol. The third kappa shape index (κ3) is 3.31. The molecular formula is C12H15NO3S. The van der Waals surface area contributed by atoms with Gasteiger partial charge in [-0.15, -0.1) is 0 Å². The lowest BCUT2D eigenvalue weighted by Crippen LogP contribution is -2.28. The highest BCUT2D eigenvalue weighted by atomic mass is 32.2. The first-order chi connectivity index (χ1) is 8.06. The summed E-state index contributed by atoms with van der Waals surface area (Å²) in [5, 5.41) is 0. The van der Waals surface area contributed by atoms with Crippen LogP contribution in [-0.4, -0.2) is 31.8 Å². The second-order valence-corrected chi connectivity index (χ2v) is 5.62. The maximum atomic E-state index is 10.6. The number of hydrogen-bond donors (Lipinski definition) is 1. The van der Waals surface area contributed by atoms with E-state index in [9.17, 15) is 8.42 Å². The van der Waals surface area contributed by atoms with Gasteiger partial charge in [0.05, 0.1) is 5.75 Å². The number of rotatable bonds is 4. The van der Waals surface area contributed by atoms with Crippen molar-refractivity contribution in [2.75, 3.05) is 23.7 Å². The van der Waals surface area contributed by atoms with Crippen LogP contribution in [0.15, 0.2) is 30.3 Å². The Hall–Kier alpha value is -1.33. The molecule has 2 rings (SSSR count). The average Bonchev–Trinajstić information content (AvgIpc) is 2.28. The second-order valence-electron chi connectivity index (χ2n) is 4.05. The maximum Gasteiger partial charge on any atom is 0.264 e. The predicted octanol–water partition coefficient (Wildman–Crippen LogP) is 1.80. The van der Waals surface area contributed by atoms with Gasteiger partial charge in [0.15, 0.2) is 0 Å². The molecule has 4 nitrogen and oxygen atoms in total. The fraction of sp³-hybridized carbons (Fsp3) is 0.333. The van der Waals surface area contributed by atoms with Crippen LogP contribution >= 0.6 is 0 Å². The van der Waals surface area contributed by atoms with E-state index in [2.05, 4.69) is 17.1 Å². The fourth-order valence-corrected chi connectivity index (χ4v) is 2.47. The molecule has 1 heterocycles. The number of nitrogens with zero attached hydrogens (tertiary/aromatic N) is 1. The molecule has 1 N–H and O–H groups in total. The van der Waals surface area contributed by atoms with E-state index in [4.69, 9.17) is 4.55 Å². The van der Waals surface area contributed by atoms with Gasteiger partial charge in [-0.25, -0.2) is 0 Å². The van der Waals surface area contributed by atoms with Gasteiger partial charge in [-0.05, 0) is 18.1 Å². The zero-order chi connectivity index (χ0) is 12.3. The summed E-state index contributed by atoms with van der Waals surface area (Å²) in [6.07, 6.45) is 4.55. The predicted molar refractivity (Wildman–Crippen MR) is 68.7 cm³/mol. The molecule has 0 bridgehead atoms. The van der Waals surface area contributed by atoms with E-state index in [0.717, 1.165) is 17.8 Å². The van der Waals surface area contributed by atoms with Gasteiger partial charge in [0.2, 0.25) is 0 Å². The zero-order valence-electron chi connectivity index (χ0n) is 9.41. The summed E-state index contributed by atoms with van der Waals surface area (Å²) in [4.78, 5) is 2.11. The summed E-state index contributed by atoms with van der Waals surface area (Å²) in [5.74, 6) is -0.185. The number of para-hydroxylation sites is 1. The summed E-state index contributed by atoms with van der Waals surface area (Å²) >= 11 is 0. The molecule has 0 saturated heterocycles. The molecule has 0 atom stereocenters. The molecule has 1 aliphatic rings. The molecule has 0 radical (unpaired) electrons. The maximum absolute atomic E-state index is 10.6. The first-order valence-electron chi connectivity index (χ1n) is 5.52. The van der Waals surface area contributed by atoms with Gasteiger partial charge in [0.25, 0.3) is 10.1 Å². The summed E-state index contributed by atoms with van der Waals surface area (Å²) in [6.45, 7) is 1.41. The molecule has 5 heteroatoms. The van der Waals surface area contributed by atoms with E-state index in [1.54, 1.807) is 0 Å². The van der Waals surface area contributed by atoms with Crippen molar-refractivity contribution in [2.45, 2.75) is 6.42 Å². The van der Waals surface area contributed by atoms with E-state index in [-0.39, 0.29) is 5.75 Å². The van der Waals surface area contributed by atoms with Crippen LogP contribution in [0, 0.1) is 0 Å². The summed E-state index contributed by atoms with van der Waals surface area (Å²) < 4.78 is 30.0. The minimum atomic E-state index is -3.85. The Bertz CT molecular complexity index is 522. The van der Waals surface area contributed by atoms with Crippen molar-refractivity contribution in [3.05, 3.63) is 35.9 Å². The molecule has 0 unspecified atom stereocenters. The number of hydrogen-bond acceptors (Lipinski definition) is 3. The summed E-state index contributed by atoms with van der Waals surface area (Å²) in [7, 11) is -3.85. The van der Waals surface area contributed by atoms with Gasteiger partial charge in [-0.1, -0.05) is 30.4 Å². The van der Waals surface area contributed by atoms with E-state index < -0.39 is 10.1 Å². The van der Waals surface area contributed by atoms with Gasteiger partial charge < -0.3 is 4.90 Å². The SMILES string of the molecule is O=S(=O)(O)CCCN1CC=Cc2ccccc21. The van der Waals surface area contributed by atoms with Crippen molar-refractivity contribution in [1.82, 2.24) is 0 Å². The highest BCUT2D eigenvalue weighted by Crippen LogP contribution is 2.25. The zero-order valence-corrected chi connectivity index (χ0v) is 10.2. The fourth-order valence-electron chi connectivity index (χ4n) is 1.97. The van der Waals surface area contributed by atoms with Crippen molar-refractivity contribution in [3.8, 4) is 0 Å². The largest absolute Gasteiger partial charge is 0.367 e. The molecule has 0 spiro atoms. The van der Waals surface area contributed by atoms with E-state index >= 15 is 0 Å². The Morgan fingerprint density at radius 3 is 2.82 bits per heavy atom. The Morgan fingerprint density at radius 2 is 2.06 bits per heavy atom. The molecule has 17 heavy (non-hydrogen) atoms. The van der Waals surface area contributed by atoms with Gasteiger partial charge in [-0.2, -0.15) is 8.42 Å². The first kappa shape index (κ1) is 12.1. The van der Waals surface area contributed by atoms with Crippen LogP contribution in [0.2, 0.25) is 0 Å². The van der Waals surface area contributed by atoms with Crippen LogP contribution in [0.4, 0.5) is 5.69 Å². The summed E-state index contributed by atoms with van der Waals surface area (Å²) in [6, 6.07) is 7.99. The van der Waals surface area contributed by atoms with Crippen LogP contribution < -0.4 is 4.90 Å². The lowest BCUT2D eigenvalue weighted by molar-refractivity contribution is 0.481. The lowest BCUT2D eigenvalue weighted by Gasteiger charge is -2.27. The molecule has 0 aromatic heterocycles. The van der Waals surface area contributed by atoms with Crippen LogP contribution in [0.3, 0.4) is 0 Å². The van der Waals surface area contributed by atoms with Crippen LogP contribution in [0.5, 0.6) is 0 Å². The minimum absolute atomic E-state index is 0.185. The lowest BCUT2D eigenvalue weighted by atomic mass is 10.1. The van der Waals surface area contributed by atoms with Crippen LogP contribution in [-0.2, 0) is 10.1 Å². The highest BCUT2D eigenvalue weighted by Gasteiger charge is 2.13. The highest BCUT2D eigenvalue weighted by molar-refractivity contribution is 7.85. The molecule has 1 aromatic carbocycles. The minimum Gasteiger partial charge on any atom is -0.367 e. The number of anilines is 1. The smallest absolute Gasteiger partial charge is 0.264 e. The molecule has 1 aliphatic heterocycles. The molecule has 92 valence electrons. The third-order valence-corrected chi connectivity index (χ3v) is 3.54. The van der Waals surface area contributed by atoms with E-state index in [0.29, 0.717) is 13.0 Å². The number of fused-ring (bicyclic) bond motifs is 1. The van der Waals surface area contributed by atoms with Gasteiger partial charge in [0, 0.05) is 18.8 Å². The van der Waals surface area contributed by atoms with E-state index in [1.165, 1.54) is 0 Å². The Morgan fingerprint density at radius 1 is 1.29 bits per heavy atom. The number of benzene rings is 1. The van der Waals surface area contributed by atoms with E-state index in [1.807, 2.05) is 24.3 Å². The van der Waals surface area contributed by atoms with Crippen molar-refractivity contribution in [3.63, 3.8) is 0 Å². The molecule has 0 amide bonds. The van der Waals surface area contributed by atoms with Crippen LogP contribution in [0.1, 0.15) is 12.0 Å². The molecule has 0 fully saturated rings. The Labute approximate surface area is 101 Å². The van der Waals surface area contributed by atoms with Gasteiger partial charge in [-0.3, -0.25) is 4.55 Å². The topological polar surface area (TPSA) is 57.6 Å². The second kappa shape index (κ2) is 4.89. The van der Waals surface area contributed by atoms with Crippen molar-refractivity contribution < 1.29 is 13.0 Å². The van der Waals surface area contributed by atoms with Crippen molar-refractivity contribution in [2.24, 2.45) is 0 Å². The standard InChI is InChI=1S/C12H15NO3S/c14-17(15,16)10-4-9-13-8-3-6-11-5-1-2-7-12(11)13/h1-3,5-7H,4,8-10H2,(H,14,15,16). The molecular weight excluding hydrogens is 238 g/mol. The normalized spacial score (nSPS) is 14.8. The van der Waals surface area contributed by atoms with Crippen molar-refractivity contribution >= 4 is 21.9 Å². The van der Waals surface area contributed by atoms with Gasteiger partial charge >= 0.3 is 0 Å². The third-order valence-electron chi connectivity index (χ3n) is 2.73. The molecule has 0 saturated carbocycles. The average molecular weight is 253 g/mol. The first-order valence-corrected chi connectivity index (χ1v) is 7.13. The Kier molecular flexibility index (Phi) is 3.49. The van der Waals surface area contributed by atoms with Crippen molar-refractivity contribution in [1.29, 1.82) is 0 Å².